The van der Waals surface area contributed by atoms with Crippen molar-refractivity contribution < 1.29 is 19.1 Å². The molecule has 0 unspecified atom stereocenters. The summed E-state index contributed by atoms with van der Waals surface area (Å²) in [5.41, 5.74) is 1.95. The molecule has 2 aromatic carbocycles. The molecule has 2 aliphatic heterocycles. The van der Waals surface area contributed by atoms with Crippen molar-refractivity contribution in [2.45, 2.75) is 25.8 Å². The van der Waals surface area contributed by atoms with E-state index in [0.717, 1.165) is 18.4 Å². The van der Waals surface area contributed by atoms with Crippen molar-refractivity contribution in [1.29, 1.82) is 0 Å². The maximum Gasteiger partial charge on any atom is 0.253 e. The van der Waals surface area contributed by atoms with Gasteiger partial charge in [-0.05, 0) is 36.2 Å². The summed E-state index contributed by atoms with van der Waals surface area (Å²) >= 11 is 6.32. The molecule has 0 aromatic heterocycles. The molecule has 0 saturated carbocycles. The summed E-state index contributed by atoms with van der Waals surface area (Å²) in [6.07, 6.45) is 2.12. The first-order valence-corrected chi connectivity index (χ1v) is 9.77. The second-order valence-electron chi connectivity index (χ2n) is 6.80. The van der Waals surface area contributed by atoms with Gasteiger partial charge in [0.15, 0.2) is 11.5 Å². The Balaban J connectivity index is 1.51. The monoisotopic (exact) mass is 400 g/mol. The number of para-hydroxylation sites is 1. The molecule has 2 heterocycles. The van der Waals surface area contributed by atoms with Crippen molar-refractivity contribution >= 4 is 29.1 Å². The van der Waals surface area contributed by atoms with Gasteiger partial charge in [0.05, 0.1) is 29.5 Å². The molecule has 28 heavy (non-hydrogen) atoms. The molecule has 0 spiro atoms. The SMILES string of the molecule is O=C(NCc1cc(Cl)c2c(c1)OCCCO2)c1ccccc1N1CCCC1=O. The van der Waals surface area contributed by atoms with E-state index in [0.29, 0.717) is 54.0 Å². The number of halogens is 1. The number of fused-ring (bicyclic) bond motifs is 1. The molecular formula is C21H21ClN2O4. The van der Waals surface area contributed by atoms with Crippen molar-refractivity contribution in [2.24, 2.45) is 0 Å². The van der Waals surface area contributed by atoms with Gasteiger partial charge in [-0.1, -0.05) is 23.7 Å². The van der Waals surface area contributed by atoms with Gasteiger partial charge in [0.1, 0.15) is 0 Å². The lowest BCUT2D eigenvalue weighted by Crippen LogP contribution is -2.29. The Bertz CT molecular complexity index is 915. The second-order valence-corrected chi connectivity index (χ2v) is 7.21. The molecule has 1 fully saturated rings. The van der Waals surface area contributed by atoms with E-state index >= 15 is 0 Å². The Hall–Kier alpha value is -2.73. The van der Waals surface area contributed by atoms with E-state index in [4.69, 9.17) is 21.1 Å². The molecule has 1 N–H and O–H groups in total. The number of nitrogens with zero attached hydrogens (tertiary/aromatic N) is 1. The van der Waals surface area contributed by atoms with Crippen LogP contribution in [0.5, 0.6) is 11.5 Å². The number of carbonyl (C=O) groups excluding carboxylic acids is 2. The average molecular weight is 401 g/mol. The molecule has 0 radical (unpaired) electrons. The second kappa shape index (κ2) is 8.10. The number of ether oxygens (including phenoxy) is 2. The van der Waals surface area contributed by atoms with Gasteiger partial charge in [-0.2, -0.15) is 0 Å². The van der Waals surface area contributed by atoms with Crippen molar-refractivity contribution in [2.75, 3.05) is 24.7 Å². The Labute approximate surface area is 168 Å². The Morgan fingerprint density at radius 1 is 1.14 bits per heavy atom. The van der Waals surface area contributed by atoms with Crippen LogP contribution < -0.4 is 19.7 Å². The first-order valence-electron chi connectivity index (χ1n) is 9.39. The minimum Gasteiger partial charge on any atom is -0.489 e. The number of hydrogen-bond acceptors (Lipinski definition) is 4. The third-order valence-electron chi connectivity index (χ3n) is 4.83. The number of anilines is 1. The van der Waals surface area contributed by atoms with E-state index in [1.54, 1.807) is 23.1 Å². The number of hydrogen-bond donors (Lipinski definition) is 1. The zero-order chi connectivity index (χ0) is 19.5. The maximum atomic E-state index is 12.8. The topological polar surface area (TPSA) is 67.9 Å². The fourth-order valence-electron chi connectivity index (χ4n) is 3.47. The van der Waals surface area contributed by atoms with E-state index < -0.39 is 0 Å². The molecular weight excluding hydrogens is 380 g/mol. The summed E-state index contributed by atoms with van der Waals surface area (Å²) in [5, 5.41) is 3.38. The molecule has 2 aromatic rings. The van der Waals surface area contributed by atoms with Crippen molar-refractivity contribution in [1.82, 2.24) is 5.32 Å². The van der Waals surface area contributed by atoms with Gasteiger partial charge in [0.2, 0.25) is 5.91 Å². The molecule has 6 nitrogen and oxygen atoms in total. The summed E-state index contributed by atoms with van der Waals surface area (Å²) < 4.78 is 11.3. The van der Waals surface area contributed by atoms with Gasteiger partial charge in [-0.3, -0.25) is 9.59 Å². The Morgan fingerprint density at radius 3 is 2.79 bits per heavy atom. The lowest BCUT2D eigenvalue weighted by Gasteiger charge is -2.19. The van der Waals surface area contributed by atoms with Gasteiger partial charge in [0, 0.05) is 25.9 Å². The minimum absolute atomic E-state index is 0.0509. The number of amides is 2. The molecule has 0 bridgehead atoms. The van der Waals surface area contributed by atoms with Crippen LogP contribution in [0.4, 0.5) is 5.69 Å². The van der Waals surface area contributed by atoms with Crippen LogP contribution in [0.3, 0.4) is 0 Å². The fraction of sp³-hybridized carbons (Fsp3) is 0.333. The van der Waals surface area contributed by atoms with Crippen molar-refractivity contribution in [3.63, 3.8) is 0 Å². The highest BCUT2D eigenvalue weighted by atomic mass is 35.5. The van der Waals surface area contributed by atoms with Crippen LogP contribution in [-0.4, -0.2) is 31.6 Å². The zero-order valence-corrected chi connectivity index (χ0v) is 16.1. The first kappa shape index (κ1) is 18.6. The number of benzene rings is 2. The summed E-state index contributed by atoms with van der Waals surface area (Å²) in [6.45, 7) is 2.06. The van der Waals surface area contributed by atoms with Crippen LogP contribution >= 0.6 is 11.6 Å². The normalized spacial score (nSPS) is 16.0. The smallest absolute Gasteiger partial charge is 0.253 e. The predicted molar refractivity (Wildman–Crippen MR) is 106 cm³/mol. The van der Waals surface area contributed by atoms with E-state index in [1.807, 2.05) is 18.2 Å². The zero-order valence-electron chi connectivity index (χ0n) is 15.4. The summed E-state index contributed by atoms with van der Waals surface area (Å²) in [5.74, 6) is 0.956. The van der Waals surface area contributed by atoms with Gasteiger partial charge >= 0.3 is 0 Å². The molecule has 0 aliphatic carbocycles. The molecule has 146 valence electrons. The molecule has 1 saturated heterocycles. The largest absolute Gasteiger partial charge is 0.489 e. The van der Waals surface area contributed by atoms with Gasteiger partial charge in [-0.25, -0.2) is 0 Å². The van der Waals surface area contributed by atoms with Gasteiger partial charge < -0.3 is 19.7 Å². The summed E-state index contributed by atoms with van der Waals surface area (Å²) in [7, 11) is 0. The maximum absolute atomic E-state index is 12.8. The van der Waals surface area contributed by atoms with Crippen LogP contribution in [-0.2, 0) is 11.3 Å². The van der Waals surface area contributed by atoms with Crippen molar-refractivity contribution in [3.05, 3.63) is 52.5 Å². The Kier molecular flexibility index (Phi) is 5.39. The summed E-state index contributed by atoms with van der Waals surface area (Å²) in [6, 6.07) is 10.8. The lowest BCUT2D eigenvalue weighted by molar-refractivity contribution is -0.117. The highest BCUT2D eigenvalue weighted by Crippen LogP contribution is 2.38. The van der Waals surface area contributed by atoms with E-state index in [9.17, 15) is 9.59 Å². The van der Waals surface area contributed by atoms with Crippen LogP contribution in [0.2, 0.25) is 5.02 Å². The lowest BCUT2D eigenvalue weighted by atomic mass is 10.1. The summed E-state index contributed by atoms with van der Waals surface area (Å²) in [4.78, 5) is 26.6. The number of carbonyl (C=O) groups is 2. The highest BCUT2D eigenvalue weighted by molar-refractivity contribution is 6.32. The number of rotatable bonds is 4. The Morgan fingerprint density at radius 2 is 1.96 bits per heavy atom. The quantitative estimate of drug-likeness (QED) is 0.852. The van der Waals surface area contributed by atoms with Gasteiger partial charge in [0.25, 0.3) is 5.91 Å². The van der Waals surface area contributed by atoms with Crippen LogP contribution in [0.25, 0.3) is 0 Å². The van der Waals surface area contributed by atoms with Crippen molar-refractivity contribution in [3.8, 4) is 11.5 Å². The molecule has 7 heteroatoms. The van der Waals surface area contributed by atoms with E-state index in [1.165, 1.54) is 0 Å². The standard InChI is InChI=1S/C21H21ClN2O4/c22-16-11-14(12-18-20(16)28-10-4-9-27-18)13-23-21(26)15-5-1-2-6-17(15)24-8-3-7-19(24)25/h1-2,5-6,11-12H,3-4,7-10,13H2,(H,23,26). The predicted octanol–water partition coefficient (Wildman–Crippen LogP) is 3.56. The van der Waals surface area contributed by atoms with Gasteiger partial charge in [-0.15, -0.1) is 0 Å². The minimum atomic E-state index is -0.237. The van der Waals surface area contributed by atoms with E-state index in [-0.39, 0.29) is 18.4 Å². The molecule has 2 amide bonds. The van der Waals surface area contributed by atoms with Crippen LogP contribution in [0.15, 0.2) is 36.4 Å². The number of nitrogens with one attached hydrogen (secondary N) is 1. The average Bonchev–Trinajstić information content (AvgIpc) is 2.98. The highest BCUT2D eigenvalue weighted by Gasteiger charge is 2.25. The van der Waals surface area contributed by atoms with Crippen LogP contribution in [0, 0.1) is 0 Å². The molecule has 0 atom stereocenters. The fourth-order valence-corrected chi connectivity index (χ4v) is 3.76. The first-order chi connectivity index (χ1) is 13.6. The van der Waals surface area contributed by atoms with Crippen LogP contribution in [0.1, 0.15) is 35.2 Å². The molecule has 2 aliphatic rings. The molecule has 4 rings (SSSR count). The van der Waals surface area contributed by atoms with E-state index in [2.05, 4.69) is 5.32 Å². The third kappa shape index (κ3) is 3.78. The third-order valence-corrected chi connectivity index (χ3v) is 5.11.